The summed E-state index contributed by atoms with van der Waals surface area (Å²) in [4.78, 5) is 7.09. The van der Waals surface area contributed by atoms with Gasteiger partial charge in [0.2, 0.25) is 0 Å². The Morgan fingerprint density at radius 2 is 2.26 bits per heavy atom. The van der Waals surface area contributed by atoms with Crippen molar-refractivity contribution in [2.45, 2.75) is 45.7 Å². The zero-order valence-electron chi connectivity index (χ0n) is 12.5. The summed E-state index contributed by atoms with van der Waals surface area (Å²) in [6.07, 6.45) is 4.36. The predicted octanol–water partition coefficient (Wildman–Crippen LogP) is 2.85. The summed E-state index contributed by atoms with van der Waals surface area (Å²) in [5.41, 5.74) is 1.19. The minimum atomic E-state index is 0.410. The highest BCUT2D eigenvalue weighted by molar-refractivity contribution is 5.08. The van der Waals surface area contributed by atoms with Crippen molar-refractivity contribution in [2.75, 3.05) is 19.6 Å². The monoisotopic (exact) mass is 261 g/mol. The number of aromatic nitrogens is 1. The maximum Gasteiger partial charge on any atom is 0.0572 e. The van der Waals surface area contributed by atoms with E-state index in [2.05, 4.69) is 48.1 Å². The molecule has 1 fully saturated rings. The average Bonchev–Trinajstić information content (AvgIpc) is 2.72. The van der Waals surface area contributed by atoms with Gasteiger partial charge in [-0.3, -0.25) is 9.88 Å². The minimum Gasteiger partial charge on any atom is -0.312 e. The lowest BCUT2D eigenvalue weighted by atomic mass is 9.98. The molecule has 1 N–H and O–H groups in total. The molecule has 3 unspecified atom stereocenters. The molecule has 106 valence electrons. The zero-order valence-corrected chi connectivity index (χ0v) is 12.5. The Balaban J connectivity index is 2.05. The maximum absolute atomic E-state index is 4.51. The van der Waals surface area contributed by atoms with Crippen molar-refractivity contribution in [2.24, 2.45) is 5.92 Å². The van der Waals surface area contributed by atoms with Gasteiger partial charge >= 0.3 is 0 Å². The van der Waals surface area contributed by atoms with Crippen LogP contribution in [0.5, 0.6) is 0 Å². The van der Waals surface area contributed by atoms with E-state index in [1.807, 2.05) is 12.3 Å². The fraction of sp³-hybridized carbons (Fsp3) is 0.688. The van der Waals surface area contributed by atoms with Gasteiger partial charge in [-0.2, -0.15) is 0 Å². The van der Waals surface area contributed by atoms with Crippen molar-refractivity contribution < 1.29 is 0 Å². The lowest BCUT2D eigenvalue weighted by molar-refractivity contribution is 0.185. The fourth-order valence-corrected chi connectivity index (χ4v) is 2.81. The first-order chi connectivity index (χ1) is 9.22. The lowest BCUT2D eigenvalue weighted by Gasteiger charge is -2.32. The molecule has 1 aliphatic heterocycles. The molecule has 3 nitrogen and oxygen atoms in total. The molecule has 19 heavy (non-hydrogen) atoms. The van der Waals surface area contributed by atoms with Crippen molar-refractivity contribution >= 4 is 0 Å². The van der Waals surface area contributed by atoms with Gasteiger partial charge in [0.25, 0.3) is 0 Å². The molecule has 3 atom stereocenters. The highest BCUT2D eigenvalue weighted by atomic mass is 15.2. The highest BCUT2D eigenvalue weighted by Gasteiger charge is 2.25. The zero-order chi connectivity index (χ0) is 13.7. The third-order valence-corrected chi connectivity index (χ3v) is 4.45. The molecule has 1 aromatic rings. The highest BCUT2D eigenvalue weighted by Crippen LogP contribution is 2.22. The number of pyridine rings is 1. The van der Waals surface area contributed by atoms with Gasteiger partial charge in [0.15, 0.2) is 0 Å². The summed E-state index contributed by atoms with van der Waals surface area (Å²) in [5.74, 6) is 0.733. The Labute approximate surface area is 117 Å². The van der Waals surface area contributed by atoms with Crippen LogP contribution < -0.4 is 5.32 Å². The van der Waals surface area contributed by atoms with Crippen LogP contribution in [0.1, 0.15) is 45.3 Å². The third kappa shape index (κ3) is 3.77. The molecular formula is C16H27N3. The van der Waals surface area contributed by atoms with E-state index in [9.17, 15) is 0 Å². The Bertz CT molecular complexity index is 366. The molecule has 1 aliphatic rings. The van der Waals surface area contributed by atoms with E-state index in [-0.39, 0.29) is 0 Å². The van der Waals surface area contributed by atoms with E-state index in [0.717, 1.165) is 25.6 Å². The van der Waals surface area contributed by atoms with Crippen LogP contribution in [0.4, 0.5) is 0 Å². The van der Waals surface area contributed by atoms with E-state index in [4.69, 9.17) is 0 Å². The normalized spacial score (nSPS) is 24.7. The van der Waals surface area contributed by atoms with Crippen LogP contribution in [0.2, 0.25) is 0 Å². The molecule has 0 bridgehead atoms. The number of rotatable bonds is 4. The second-order valence-electron chi connectivity index (χ2n) is 5.73. The molecular weight excluding hydrogens is 234 g/mol. The smallest absolute Gasteiger partial charge is 0.0572 e. The third-order valence-electron chi connectivity index (χ3n) is 4.45. The SMILES string of the molecule is CCC(C)C1CN(C(C)c2ccccn2)CCCN1. The average molecular weight is 261 g/mol. The number of hydrogen-bond donors (Lipinski definition) is 1. The van der Waals surface area contributed by atoms with Crippen molar-refractivity contribution in [3.8, 4) is 0 Å². The van der Waals surface area contributed by atoms with Crippen LogP contribution in [0.3, 0.4) is 0 Å². The number of nitrogens with one attached hydrogen (secondary N) is 1. The van der Waals surface area contributed by atoms with E-state index in [1.165, 1.54) is 18.5 Å². The first kappa shape index (κ1) is 14.5. The molecule has 0 aromatic carbocycles. The standard InChI is InChI=1S/C16H27N3/c1-4-13(2)16-12-19(11-7-10-18-16)14(3)15-8-5-6-9-17-15/h5-6,8-9,13-14,16,18H,4,7,10-12H2,1-3H3. The fourth-order valence-electron chi connectivity index (χ4n) is 2.81. The molecule has 0 amide bonds. The number of hydrogen-bond acceptors (Lipinski definition) is 3. The maximum atomic E-state index is 4.51. The van der Waals surface area contributed by atoms with E-state index < -0.39 is 0 Å². The van der Waals surface area contributed by atoms with Gasteiger partial charge in [0.05, 0.1) is 5.69 Å². The molecule has 1 saturated heterocycles. The van der Waals surface area contributed by atoms with Crippen LogP contribution in [0.25, 0.3) is 0 Å². The topological polar surface area (TPSA) is 28.2 Å². The van der Waals surface area contributed by atoms with Gasteiger partial charge in [-0.15, -0.1) is 0 Å². The summed E-state index contributed by atoms with van der Waals surface area (Å²) in [6, 6.07) is 7.23. The van der Waals surface area contributed by atoms with Crippen LogP contribution >= 0.6 is 0 Å². The Hall–Kier alpha value is -0.930. The number of nitrogens with zero attached hydrogens (tertiary/aromatic N) is 2. The molecule has 2 heterocycles. The van der Waals surface area contributed by atoms with Gasteiger partial charge in [-0.1, -0.05) is 26.3 Å². The second-order valence-corrected chi connectivity index (χ2v) is 5.73. The summed E-state index contributed by atoms with van der Waals surface area (Å²) in [6.45, 7) is 10.3. The molecule has 1 aromatic heterocycles. The Kier molecular flexibility index (Phi) is 5.34. The van der Waals surface area contributed by atoms with Crippen LogP contribution in [0, 0.1) is 5.92 Å². The van der Waals surface area contributed by atoms with Crippen molar-refractivity contribution in [3.05, 3.63) is 30.1 Å². The molecule has 0 saturated carbocycles. The van der Waals surface area contributed by atoms with Gasteiger partial charge < -0.3 is 5.32 Å². The Morgan fingerprint density at radius 3 is 2.95 bits per heavy atom. The van der Waals surface area contributed by atoms with E-state index >= 15 is 0 Å². The molecule has 3 heteroatoms. The summed E-state index contributed by atoms with van der Waals surface area (Å²) < 4.78 is 0. The van der Waals surface area contributed by atoms with Gasteiger partial charge in [-0.25, -0.2) is 0 Å². The van der Waals surface area contributed by atoms with E-state index in [1.54, 1.807) is 0 Å². The van der Waals surface area contributed by atoms with Gasteiger partial charge in [-0.05, 0) is 37.9 Å². The molecule has 0 aliphatic carbocycles. The quantitative estimate of drug-likeness (QED) is 0.903. The van der Waals surface area contributed by atoms with Crippen LogP contribution in [-0.4, -0.2) is 35.6 Å². The largest absolute Gasteiger partial charge is 0.312 e. The van der Waals surface area contributed by atoms with Gasteiger partial charge in [0.1, 0.15) is 0 Å². The summed E-state index contributed by atoms with van der Waals surface area (Å²) >= 11 is 0. The predicted molar refractivity (Wildman–Crippen MR) is 80.1 cm³/mol. The molecule has 0 spiro atoms. The molecule has 2 rings (SSSR count). The Morgan fingerprint density at radius 1 is 1.42 bits per heavy atom. The van der Waals surface area contributed by atoms with Gasteiger partial charge in [0, 0.05) is 31.4 Å². The van der Waals surface area contributed by atoms with Crippen molar-refractivity contribution in [1.82, 2.24) is 15.2 Å². The second kappa shape index (κ2) is 7.01. The van der Waals surface area contributed by atoms with E-state index in [0.29, 0.717) is 12.1 Å². The summed E-state index contributed by atoms with van der Waals surface area (Å²) in [7, 11) is 0. The lowest BCUT2D eigenvalue weighted by Crippen LogP contribution is -2.42. The van der Waals surface area contributed by atoms with Crippen molar-refractivity contribution in [3.63, 3.8) is 0 Å². The first-order valence-electron chi connectivity index (χ1n) is 7.60. The molecule has 0 radical (unpaired) electrons. The van der Waals surface area contributed by atoms with Crippen molar-refractivity contribution in [1.29, 1.82) is 0 Å². The van der Waals surface area contributed by atoms with Crippen LogP contribution in [0.15, 0.2) is 24.4 Å². The summed E-state index contributed by atoms with van der Waals surface area (Å²) in [5, 5.41) is 3.71. The minimum absolute atomic E-state index is 0.410. The van der Waals surface area contributed by atoms with Crippen LogP contribution in [-0.2, 0) is 0 Å². The first-order valence-corrected chi connectivity index (χ1v) is 7.60.